The normalized spacial score (nSPS) is 23.4. The molecule has 2 aromatic carbocycles. The van der Waals surface area contributed by atoms with Crippen molar-refractivity contribution in [2.24, 2.45) is 11.7 Å². The third-order valence-electron chi connectivity index (χ3n) is 5.10. The number of benzene rings is 2. The van der Waals surface area contributed by atoms with Crippen LogP contribution in [0.5, 0.6) is 0 Å². The number of hydrogen-bond donors (Lipinski definition) is 2. The van der Waals surface area contributed by atoms with Gasteiger partial charge in [-0.15, -0.1) is 0 Å². The number of amides is 1. The van der Waals surface area contributed by atoms with Crippen molar-refractivity contribution >= 4 is 17.3 Å². The van der Waals surface area contributed by atoms with Gasteiger partial charge in [-0.1, -0.05) is 36.4 Å². The van der Waals surface area contributed by atoms with Crippen molar-refractivity contribution in [2.75, 3.05) is 5.32 Å². The van der Waals surface area contributed by atoms with E-state index in [9.17, 15) is 14.9 Å². The molecule has 0 saturated carbocycles. The third kappa shape index (κ3) is 2.46. The highest BCUT2D eigenvalue weighted by molar-refractivity contribution is 5.99. The van der Waals surface area contributed by atoms with E-state index in [-0.39, 0.29) is 28.5 Å². The molecule has 6 heteroatoms. The summed E-state index contributed by atoms with van der Waals surface area (Å²) >= 11 is 0. The second-order valence-corrected chi connectivity index (χ2v) is 6.46. The minimum absolute atomic E-state index is 0.0655. The zero-order valence-electron chi connectivity index (χ0n) is 13.4. The van der Waals surface area contributed by atoms with Crippen LogP contribution in [0.3, 0.4) is 0 Å². The van der Waals surface area contributed by atoms with Crippen molar-refractivity contribution < 1.29 is 9.72 Å². The van der Waals surface area contributed by atoms with Gasteiger partial charge in [-0.05, 0) is 29.5 Å². The van der Waals surface area contributed by atoms with E-state index in [2.05, 4.69) is 17.5 Å². The first-order valence-electron chi connectivity index (χ1n) is 8.16. The maximum absolute atomic E-state index is 11.8. The predicted molar refractivity (Wildman–Crippen MR) is 94.4 cm³/mol. The van der Waals surface area contributed by atoms with Crippen LogP contribution >= 0.6 is 0 Å². The molecule has 0 unspecified atom stereocenters. The van der Waals surface area contributed by atoms with Gasteiger partial charge in [0, 0.05) is 18.1 Å². The van der Waals surface area contributed by atoms with E-state index in [1.165, 1.54) is 6.07 Å². The molecule has 4 rings (SSSR count). The van der Waals surface area contributed by atoms with Gasteiger partial charge in [-0.25, -0.2) is 0 Å². The second kappa shape index (κ2) is 5.73. The van der Waals surface area contributed by atoms with Crippen LogP contribution < -0.4 is 11.1 Å². The molecule has 1 aliphatic heterocycles. The molecule has 0 radical (unpaired) electrons. The van der Waals surface area contributed by atoms with E-state index < -0.39 is 5.91 Å². The fourth-order valence-corrected chi connectivity index (χ4v) is 3.99. The number of primary amides is 1. The number of anilines is 1. The second-order valence-electron chi connectivity index (χ2n) is 6.46. The number of nitrogens with one attached hydrogen (secondary N) is 1. The molecule has 0 saturated heterocycles. The number of allylic oxidation sites excluding steroid dienone is 2. The van der Waals surface area contributed by atoms with Gasteiger partial charge in [-0.3, -0.25) is 14.9 Å². The quantitative estimate of drug-likeness (QED) is 0.509. The minimum Gasteiger partial charge on any atom is -0.377 e. The van der Waals surface area contributed by atoms with Crippen LogP contribution in [-0.4, -0.2) is 10.8 Å². The number of non-ortho nitro benzene ring substituents is 1. The van der Waals surface area contributed by atoms with Crippen LogP contribution in [0.4, 0.5) is 11.4 Å². The smallest absolute Gasteiger partial charge is 0.269 e. The van der Waals surface area contributed by atoms with Gasteiger partial charge >= 0.3 is 0 Å². The Morgan fingerprint density at radius 3 is 2.80 bits per heavy atom. The summed E-state index contributed by atoms with van der Waals surface area (Å²) in [6, 6.07) is 12.1. The van der Waals surface area contributed by atoms with Crippen molar-refractivity contribution in [3.8, 4) is 0 Å². The molecule has 0 fully saturated rings. The summed E-state index contributed by atoms with van der Waals surface area (Å²) in [6.07, 6.45) is 5.16. The highest BCUT2D eigenvalue weighted by atomic mass is 16.6. The molecule has 3 atom stereocenters. The van der Waals surface area contributed by atoms with Crippen LogP contribution in [0.1, 0.15) is 39.9 Å². The van der Waals surface area contributed by atoms with Crippen LogP contribution in [0.15, 0.2) is 54.6 Å². The summed E-state index contributed by atoms with van der Waals surface area (Å²) in [5, 5.41) is 14.6. The van der Waals surface area contributed by atoms with E-state index in [0.29, 0.717) is 5.56 Å². The molecule has 0 aromatic heterocycles. The van der Waals surface area contributed by atoms with Crippen LogP contribution in [0.25, 0.3) is 0 Å². The van der Waals surface area contributed by atoms with Gasteiger partial charge in [0.2, 0.25) is 0 Å². The summed E-state index contributed by atoms with van der Waals surface area (Å²) in [4.78, 5) is 22.6. The fraction of sp³-hybridized carbons (Fsp3) is 0.211. The van der Waals surface area contributed by atoms with Gasteiger partial charge < -0.3 is 11.1 Å². The maximum Gasteiger partial charge on any atom is 0.269 e. The standard InChI is InChI=1S/C19H17N3O3/c20-19(23)16-9-3-8-15-13-6-2-7-14(13)17(21-18(15)16)11-4-1-5-12(10-11)22(24)25/h1-6,8-10,13-14,17,21H,7H2,(H2,20,23)/t13-,14+,17-/m0/s1. The number of para-hydroxylation sites is 1. The first-order chi connectivity index (χ1) is 12.1. The summed E-state index contributed by atoms with van der Waals surface area (Å²) in [5.74, 6) is -0.0694. The molecule has 0 spiro atoms. The molecule has 126 valence electrons. The number of nitro benzene ring substituents is 1. The number of nitro groups is 1. The summed E-state index contributed by atoms with van der Waals surface area (Å²) in [7, 11) is 0. The Morgan fingerprint density at radius 1 is 1.24 bits per heavy atom. The summed E-state index contributed by atoms with van der Waals surface area (Å²) < 4.78 is 0. The van der Waals surface area contributed by atoms with Gasteiger partial charge in [0.25, 0.3) is 11.6 Å². The monoisotopic (exact) mass is 335 g/mol. The predicted octanol–water partition coefficient (Wildman–Crippen LogP) is 3.52. The number of fused-ring (bicyclic) bond motifs is 3. The number of nitrogens with zero attached hydrogens (tertiary/aromatic N) is 1. The zero-order valence-corrected chi connectivity index (χ0v) is 13.4. The SMILES string of the molecule is NC(=O)c1cccc2c1N[C@@H](c1cccc([N+](=O)[O-])c1)[C@@H]1CC=C[C@H]21. The van der Waals surface area contributed by atoms with Gasteiger partial charge in [-0.2, -0.15) is 0 Å². The van der Waals surface area contributed by atoms with Crippen molar-refractivity contribution in [3.63, 3.8) is 0 Å². The first-order valence-corrected chi connectivity index (χ1v) is 8.16. The topological polar surface area (TPSA) is 98.3 Å². The highest BCUT2D eigenvalue weighted by Gasteiger charge is 2.39. The molecule has 2 aromatic rings. The Kier molecular flexibility index (Phi) is 3.53. The molecular weight excluding hydrogens is 318 g/mol. The lowest BCUT2D eigenvalue weighted by molar-refractivity contribution is -0.384. The Balaban J connectivity index is 1.83. The molecule has 3 N–H and O–H groups in total. The van der Waals surface area contributed by atoms with Crippen LogP contribution in [0.2, 0.25) is 0 Å². The highest BCUT2D eigenvalue weighted by Crippen LogP contribution is 2.50. The Morgan fingerprint density at radius 2 is 2.04 bits per heavy atom. The zero-order chi connectivity index (χ0) is 17.6. The van der Waals surface area contributed by atoms with Crippen molar-refractivity contribution in [1.82, 2.24) is 0 Å². The first kappa shape index (κ1) is 15.4. The van der Waals surface area contributed by atoms with Gasteiger partial charge in [0.1, 0.15) is 0 Å². The van der Waals surface area contributed by atoms with Crippen molar-refractivity contribution in [3.05, 3.63) is 81.4 Å². The van der Waals surface area contributed by atoms with Gasteiger partial charge in [0.15, 0.2) is 0 Å². The Labute approximate surface area is 144 Å². The number of carbonyl (C=O) groups is 1. The van der Waals surface area contributed by atoms with Crippen LogP contribution in [0, 0.1) is 16.0 Å². The van der Waals surface area contributed by atoms with E-state index >= 15 is 0 Å². The lowest BCUT2D eigenvalue weighted by atomic mass is 9.76. The molecule has 1 amide bonds. The average Bonchev–Trinajstić information content (AvgIpc) is 3.10. The molecule has 0 bridgehead atoms. The summed E-state index contributed by atoms with van der Waals surface area (Å²) in [5.41, 5.74) is 8.69. The van der Waals surface area contributed by atoms with E-state index in [1.807, 2.05) is 18.2 Å². The molecule has 1 aliphatic carbocycles. The molecule has 6 nitrogen and oxygen atoms in total. The number of nitrogens with two attached hydrogens (primary N) is 1. The molecule has 2 aliphatic rings. The Hall–Kier alpha value is -3.15. The maximum atomic E-state index is 11.8. The Bertz CT molecular complexity index is 907. The molecule has 25 heavy (non-hydrogen) atoms. The number of rotatable bonds is 3. The number of hydrogen-bond acceptors (Lipinski definition) is 4. The largest absolute Gasteiger partial charge is 0.377 e. The molecule has 1 heterocycles. The fourth-order valence-electron chi connectivity index (χ4n) is 3.99. The van der Waals surface area contributed by atoms with E-state index in [1.54, 1.807) is 18.2 Å². The number of carbonyl (C=O) groups excluding carboxylic acids is 1. The minimum atomic E-state index is -0.484. The van der Waals surface area contributed by atoms with Gasteiger partial charge in [0.05, 0.1) is 22.2 Å². The van der Waals surface area contributed by atoms with E-state index in [0.717, 1.165) is 23.2 Å². The third-order valence-corrected chi connectivity index (χ3v) is 5.10. The van der Waals surface area contributed by atoms with Crippen molar-refractivity contribution in [2.45, 2.75) is 18.4 Å². The van der Waals surface area contributed by atoms with E-state index in [4.69, 9.17) is 5.73 Å². The average molecular weight is 335 g/mol. The summed E-state index contributed by atoms with van der Waals surface area (Å²) in [6.45, 7) is 0. The lowest BCUT2D eigenvalue weighted by Gasteiger charge is -2.38. The lowest BCUT2D eigenvalue weighted by Crippen LogP contribution is -2.31. The van der Waals surface area contributed by atoms with Crippen molar-refractivity contribution in [1.29, 1.82) is 0 Å². The molecular formula is C19H17N3O3. The van der Waals surface area contributed by atoms with Crippen LogP contribution in [-0.2, 0) is 0 Å².